The van der Waals surface area contributed by atoms with Crippen LogP contribution in [-0.4, -0.2) is 55.8 Å². The van der Waals surface area contributed by atoms with E-state index in [-0.39, 0.29) is 41.7 Å². The zero-order chi connectivity index (χ0) is 22.8. The van der Waals surface area contributed by atoms with Gasteiger partial charge in [-0.05, 0) is 56.2 Å². The molecule has 2 saturated carbocycles. The van der Waals surface area contributed by atoms with Crippen molar-refractivity contribution in [2.75, 3.05) is 13.1 Å². The predicted octanol–water partition coefficient (Wildman–Crippen LogP) is 1.43. The third kappa shape index (κ3) is 5.12. The molecule has 174 valence electrons. The maximum absolute atomic E-state index is 12.6. The van der Waals surface area contributed by atoms with Crippen LogP contribution >= 0.6 is 0 Å². The molecule has 0 aromatic heterocycles. The summed E-state index contributed by atoms with van der Waals surface area (Å²) in [4.78, 5) is 38.3. The molecule has 4 amide bonds. The molecule has 3 aliphatic rings. The van der Waals surface area contributed by atoms with Crippen molar-refractivity contribution in [1.29, 1.82) is 0 Å². The molecule has 0 unspecified atom stereocenters. The Bertz CT molecular complexity index is 982. The lowest BCUT2D eigenvalue weighted by Gasteiger charge is -2.20. The minimum atomic E-state index is -3.47. The van der Waals surface area contributed by atoms with Gasteiger partial charge in [-0.25, -0.2) is 17.9 Å². The zero-order valence-corrected chi connectivity index (χ0v) is 18.9. The molecule has 3 fully saturated rings. The van der Waals surface area contributed by atoms with Crippen LogP contribution in [0, 0.1) is 0 Å². The number of carbonyl (C=O) groups excluding carboxylic acids is 3. The van der Waals surface area contributed by atoms with Crippen molar-refractivity contribution < 1.29 is 22.8 Å². The number of amides is 4. The van der Waals surface area contributed by atoms with Crippen LogP contribution in [0.5, 0.6) is 0 Å². The molecule has 1 aliphatic heterocycles. The molecule has 2 aliphatic carbocycles. The number of nitrogens with zero attached hydrogens (tertiary/aromatic N) is 1. The van der Waals surface area contributed by atoms with Gasteiger partial charge in [0, 0.05) is 25.6 Å². The van der Waals surface area contributed by atoms with Gasteiger partial charge in [0.15, 0.2) is 0 Å². The van der Waals surface area contributed by atoms with Gasteiger partial charge in [0.1, 0.15) is 5.54 Å². The van der Waals surface area contributed by atoms with E-state index in [9.17, 15) is 22.8 Å². The van der Waals surface area contributed by atoms with Gasteiger partial charge in [-0.1, -0.05) is 25.0 Å². The summed E-state index contributed by atoms with van der Waals surface area (Å²) in [5.41, 5.74) is 0.190. The first-order chi connectivity index (χ1) is 15.3. The molecule has 1 aromatic carbocycles. The van der Waals surface area contributed by atoms with Crippen molar-refractivity contribution in [1.82, 2.24) is 20.3 Å². The highest BCUT2D eigenvalue weighted by Gasteiger charge is 2.51. The van der Waals surface area contributed by atoms with E-state index >= 15 is 0 Å². The van der Waals surface area contributed by atoms with Crippen LogP contribution in [0.2, 0.25) is 0 Å². The van der Waals surface area contributed by atoms with E-state index in [0.29, 0.717) is 32.2 Å². The topological polar surface area (TPSA) is 125 Å². The molecule has 32 heavy (non-hydrogen) atoms. The summed E-state index contributed by atoms with van der Waals surface area (Å²) < 4.78 is 27.0. The van der Waals surface area contributed by atoms with Crippen LogP contribution in [0.4, 0.5) is 4.79 Å². The molecule has 3 N–H and O–H groups in total. The van der Waals surface area contributed by atoms with Gasteiger partial charge in [0.2, 0.25) is 15.9 Å². The molecule has 1 aromatic rings. The lowest BCUT2D eigenvalue weighted by Crippen LogP contribution is -2.44. The number of carbonyl (C=O) groups is 3. The first-order valence-electron chi connectivity index (χ1n) is 11.3. The highest BCUT2D eigenvalue weighted by atomic mass is 32.2. The van der Waals surface area contributed by atoms with E-state index in [1.54, 1.807) is 24.3 Å². The normalized spacial score (nSPS) is 20.1. The van der Waals surface area contributed by atoms with Gasteiger partial charge in [-0.15, -0.1) is 0 Å². The second-order valence-electron chi connectivity index (χ2n) is 8.92. The van der Waals surface area contributed by atoms with E-state index in [1.165, 1.54) is 4.90 Å². The van der Waals surface area contributed by atoms with Crippen molar-refractivity contribution in [3.63, 3.8) is 0 Å². The average molecular weight is 463 g/mol. The fourth-order valence-electron chi connectivity index (χ4n) is 4.33. The second kappa shape index (κ2) is 9.19. The van der Waals surface area contributed by atoms with E-state index in [0.717, 1.165) is 31.2 Å². The number of sulfonamides is 1. The number of benzene rings is 1. The Hall–Kier alpha value is -2.46. The fraction of sp³-hybridized carbons (Fsp3) is 0.591. The molecule has 0 radical (unpaired) electrons. The minimum absolute atomic E-state index is 0.0603. The van der Waals surface area contributed by atoms with Gasteiger partial charge < -0.3 is 10.6 Å². The molecule has 1 heterocycles. The zero-order valence-electron chi connectivity index (χ0n) is 18.1. The van der Waals surface area contributed by atoms with E-state index in [1.807, 2.05) is 0 Å². The summed E-state index contributed by atoms with van der Waals surface area (Å²) in [6.45, 7) is 0.671. The molecule has 4 rings (SSSR count). The second-order valence-corrected chi connectivity index (χ2v) is 10.6. The summed E-state index contributed by atoms with van der Waals surface area (Å²) in [6.07, 6.45) is 6.35. The standard InChI is InChI=1S/C22H30N4O5S/c27-19(11-6-16-4-9-18(10-5-16)32(30,31)25-17-7-8-17)23-14-3-15-26-20(28)22(24-21(26)29)12-1-2-13-22/h4-5,9-10,17,25H,1-3,6-8,11-15H2,(H,23,27)(H,24,29). The Kier molecular flexibility index (Phi) is 6.52. The number of nitrogens with one attached hydrogen (secondary N) is 3. The van der Waals surface area contributed by atoms with Crippen LogP contribution in [0.25, 0.3) is 0 Å². The maximum atomic E-state index is 12.6. The van der Waals surface area contributed by atoms with Gasteiger partial charge in [-0.2, -0.15) is 0 Å². The van der Waals surface area contributed by atoms with Crippen LogP contribution < -0.4 is 15.4 Å². The summed E-state index contributed by atoms with van der Waals surface area (Å²) in [5, 5.41) is 5.67. The van der Waals surface area contributed by atoms with Gasteiger partial charge in [0.05, 0.1) is 4.90 Å². The Morgan fingerprint density at radius 1 is 1.12 bits per heavy atom. The average Bonchev–Trinajstić information content (AvgIpc) is 3.38. The number of imide groups is 1. The Labute approximate surface area is 188 Å². The molecular weight excluding hydrogens is 432 g/mol. The highest BCUT2D eigenvalue weighted by Crippen LogP contribution is 2.35. The smallest absolute Gasteiger partial charge is 0.325 e. The van der Waals surface area contributed by atoms with Crippen LogP contribution in [0.15, 0.2) is 29.2 Å². The molecule has 10 heteroatoms. The van der Waals surface area contributed by atoms with Crippen molar-refractivity contribution in [3.8, 4) is 0 Å². The first-order valence-corrected chi connectivity index (χ1v) is 12.8. The number of aryl methyl sites for hydroxylation is 1. The number of hydrogen-bond donors (Lipinski definition) is 3. The highest BCUT2D eigenvalue weighted by molar-refractivity contribution is 7.89. The largest absolute Gasteiger partial charge is 0.356 e. The SMILES string of the molecule is O=C(CCc1ccc(S(=O)(=O)NC2CC2)cc1)NCCCN1C(=O)NC2(CCCC2)C1=O. The molecule has 0 atom stereocenters. The number of hydrogen-bond acceptors (Lipinski definition) is 5. The van der Waals surface area contributed by atoms with Gasteiger partial charge >= 0.3 is 6.03 Å². The lowest BCUT2D eigenvalue weighted by molar-refractivity contribution is -0.131. The Morgan fingerprint density at radius 3 is 2.47 bits per heavy atom. The van der Waals surface area contributed by atoms with Crippen molar-refractivity contribution >= 4 is 27.9 Å². The van der Waals surface area contributed by atoms with Crippen LogP contribution in [0.3, 0.4) is 0 Å². The van der Waals surface area contributed by atoms with Crippen molar-refractivity contribution in [2.45, 2.75) is 74.3 Å². The lowest BCUT2D eigenvalue weighted by atomic mass is 9.98. The fourth-order valence-corrected chi connectivity index (χ4v) is 5.64. The van der Waals surface area contributed by atoms with Gasteiger partial charge in [-0.3, -0.25) is 14.5 Å². The summed E-state index contributed by atoms with van der Waals surface area (Å²) in [7, 11) is -3.47. The van der Waals surface area contributed by atoms with Gasteiger partial charge in [0.25, 0.3) is 5.91 Å². The quantitative estimate of drug-likeness (QED) is 0.358. The Balaban J connectivity index is 1.16. The molecule has 1 spiro atoms. The monoisotopic (exact) mass is 462 g/mol. The first kappa shape index (κ1) is 22.7. The van der Waals surface area contributed by atoms with E-state index in [4.69, 9.17) is 0 Å². The molecule has 9 nitrogen and oxygen atoms in total. The van der Waals surface area contributed by atoms with Crippen molar-refractivity contribution in [2.24, 2.45) is 0 Å². The van der Waals surface area contributed by atoms with Crippen LogP contribution in [-0.2, 0) is 26.0 Å². The molecule has 0 bridgehead atoms. The van der Waals surface area contributed by atoms with E-state index < -0.39 is 15.6 Å². The maximum Gasteiger partial charge on any atom is 0.325 e. The third-order valence-corrected chi connectivity index (χ3v) is 7.89. The van der Waals surface area contributed by atoms with Crippen molar-refractivity contribution in [3.05, 3.63) is 29.8 Å². The predicted molar refractivity (Wildman–Crippen MR) is 117 cm³/mol. The van der Waals surface area contributed by atoms with Crippen LogP contribution in [0.1, 0.15) is 56.9 Å². The number of urea groups is 1. The Morgan fingerprint density at radius 2 is 1.81 bits per heavy atom. The number of rotatable bonds is 10. The molecule has 1 saturated heterocycles. The third-order valence-electron chi connectivity index (χ3n) is 6.36. The summed E-state index contributed by atoms with van der Waals surface area (Å²) >= 11 is 0. The summed E-state index contributed by atoms with van der Waals surface area (Å²) in [5.74, 6) is -0.259. The minimum Gasteiger partial charge on any atom is -0.356 e. The summed E-state index contributed by atoms with van der Waals surface area (Å²) in [6, 6.07) is 6.31. The molecular formula is C22H30N4O5S. The van der Waals surface area contributed by atoms with E-state index in [2.05, 4.69) is 15.4 Å².